The number of esters is 1. The maximum atomic E-state index is 12.2. The summed E-state index contributed by atoms with van der Waals surface area (Å²) in [5.74, 6) is -0.0128. The first kappa shape index (κ1) is 20.7. The highest BCUT2D eigenvalue weighted by molar-refractivity contribution is 5.69. The Balaban J connectivity index is 1.66. The zero-order valence-electron chi connectivity index (χ0n) is 16.2. The van der Waals surface area contributed by atoms with Crippen molar-refractivity contribution in [1.82, 2.24) is 0 Å². The summed E-state index contributed by atoms with van der Waals surface area (Å²) in [5.41, 5.74) is 0. The van der Waals surface area contributed by atoms with Gasteiger partial charge < -0.3 is 14.2 Å². The van der Waals surface area contributed by atoms with Gasteiger partial charge in [0, 0.05) is 19.6 Å². The summed E-state index contributed by atoms with van der Waals surface area (Å²) in [7, 11) is 0. The van der Waals surface area contributed by atoms with Crippen LogP contribution in [0.25, 0.3) is 0 Å². The smallest absolute Gasteiger partial charge is 0.306 e. The first-order valence-electron chi connectivity index (χ1n) is 10.7. The largest absolute Gasteiger partial charge is 0.462 e. The van der Waals surface area contributed by atoms with Gasteiger partial charge in [0.2, 0.25) is 0 Å². The van der Waals surface area contributed by atoms with Gasteiger partial charge in [0.1, 0.15) is 6.10 Å². The van der Waals surface area contributed by atoms with Crippen molar-refractivity contribution in [3.63, 3.8) is 0 Å². The van der Waals surface area contributed by atoms with Crippen LogP contribution in [0.5, 0.6) is 0 Å². The van der Waals surface area contributed by atoms with Gasteiger partial charge in [-0.3, -0.25) is 4.79 Å². The van der Waals surface area contributed by atoms with E-state index in [-0.39, 0.29) is 12.1 Å². The molecule has 4 heteroatoms. The SMILES string of the molecule is CCCCCCCC(=O)OC(CC[C@H]1CCCO1)CC[C@H]1CCCO1. The Kier molecular flexibility index (Phi) is 10.5. The second-order valence-corrected chi connectivity index (χ2v) is 7.70. The number of hydrogen-bond acceptors (Lipinski definition) is 4. The van der Waals surface area contributed by atoms with E-state index in [0.717, 1.165) is 64.6 Å². The van der Waals surface area contributed by atoms with Gasteiger partial charge in [-0.15, -0.1) is 0 Å². The van der Waals surface area contributed by atoms with E-state index in [9.17, 15) is 4.79 Å². The molecule has 0 aliphatic carbocycles. The zero-order chi connectivity index (χ0) is 17.7. The lowest BCUT2D eigenvalue weighted by Gasteiger charge is -2.21. The Morgan fingerprint density at radius 2 is 1.56 bits per heavy atom. The first-order chi connectivity index (χ1) is 12.3. The van der Waals surface area contributed by atoms with E-state index in [1.807, 2.05) is 0 Å². The quantitative estimate of drug-likeness (QED) is 0.338. The summed E-state index contributed by atoms with van der Waals surface area (Å²) in [5, 5.41) is 0. The highest BCUT2D eigenvalue weighted by Gasteiger charge is 2.23. The Morgan fingerprint density at radius 1 is 0.960 bits per heavy atom. The third-order valence-electron chi connectivity index (χ3n) is 5.45. The van der Waals surface area contributed by atoms with E-state index < -0.39 is 0 Å². The molecule has 2 fully saturated rings. The van der Waals surface area contributed by atoms with Crippen molar-refractivity contribution in [2.24, 2.45) is 0 Å². The number of ether oxygens (including phenoxy) is 3. The van der Waals surface area contributed by atoms with Crippen LogP contribution in [0.4, 0.5) is 0 Å². The number of rotatable bonds is 13. The first-order valence-corrected chi connectivity index (χ1v) is 10.7. The fourth-order valence-electron chi connectivity index (χ4n) is 3.87. The minimum Gasteiger partial charge on any atom is -0.462 e. The maximum Gasteiger partial charge on any atom is 0.306 e. The van der Waals surface area contributed by atoms with Gasteiger partial charge in [0.05, 0.1) is 12.2 Å². The van der Waals surface area contributed by atoms with Gasteiger partial charge in [-0.2, -0.15) is 0 Å². The molecule has 2 rings (SSSR count). The van der Waals surface area contributed by atoms with Crippen molar-refractivity contribution >= 4 is 5.97 Å². The number of unbranched alkanes of at least 4 members (excludes halogenated alkanes) is 4. The Hall–Kier alpha value is -0.610. The van der Waals surface area contributed by atoms with Gasteiger partial charge in [0.25, 0.3) is 0 Å². The predicted molar refractivity (Wildman–Crippen MR) is 99.7 cm³/mol. The molecular formula is C21H38O4. The molecule has 25 heavy (non-hydrogen) atoms. The fraction of sp³-hybridized carbons (Fsp3) is 0.952. The second-order valence-electron chi connectivity index (χ2n) is 7.70. The molecule has 0 N–H and O–H groups in total. The maximum absolute atomic E-state index is 12.2. The molecule has 0 unspecified atom stereocenters. The van der Waals surface area contributed by atoms with E-state index in [0.29, 0.717) is 18.6 Å². The van der Waals surface area contributed by atoms with Crippen molar-refractivity contribution in [3.05, 3.63) is 0 Å². The topological polar surface area (TPSA) is 44.8 Å². The van der Waals surface area contributed by atoms with Crippen molar-refractivity contribution < 1.29 is 19.0 Å². The van der Waals surface area contributed by atoms with E-state index in [1.165, 1.54) is 32.1 Å². The Morgan fingerprint density at radius 3 is 2.08 bits per heavy atom. The van der Waals surface area contributed by atoms with E-state index >= 15 is 0 Å². The lowest BCUT2D eigenvalue weighted by molar-refractivity contribution is -0.150. The molecule has 0 radical (unpaired) electrons. The van der Waals surface area contributed by atoms with Crippen molar-refractivity contribution in [3.8, 4) is 0 Å². The fourth-order valence-corrected chi connectivity index (χ4v) is 3.87. The molecule has 2 heterocycles. The molecule has 0 aromatic heterocycles. The molecule has 4 nitrogen and oxygen atoms in total. The van der Waals surface area contributed by atoms with Crippen molar-refractivity contribution in [1.29, 1.82) is 0 Å². The van der Waals surface area contributed by atoms with E-state index in [2.05, 4.69) is 6.92 Å². The number of carbonyl (C=O) groups is 1. The van der Waals surface area contributed by atoms with Crippen LogP contribution in [0.15, 0.2) is 0 Å². The standard InChI is InChI=1S/C21H38O4/c1-2-3-4-5-6-11-21(22)25-20(14-12-18-9-7-16-23-18)15-13-19-10-8-17-24-19/h18-20H,2-17H2,1H3/t18-,19-/m1/s1. The summed E-state index contributed by atoms with van der Waals surface area (Å²) in [6.07, 6.45) is 15.7. The van der Waals surface area contributed by atoms with Crippen LogP contribution in [-0.2, 0) is 19.0 Å². The molecule has 2 atom stereocenters. The zero-order valence-corrected chi connectivity index (χ0v) is 16.2. The van der Waals surface area contributed by atoms with Crippen LogP contribution < -0.4 is 0 Å². The van der Waals surface area contributed by atoms with Gasteiger partial charge in [-0.1, -0.05) is 32.6 Å². The molecule has 146 valence electrons. The van der Waals surface area contributed by atoms with Gasteiger partial charge in [-0.05, 0) is 57.8 Å². The van der Waals surface area contributed by atoms with Crippen molar-refractivity contribution in [2.45, 2.75) is 115 Å². The Labute approximate surface area is 154 Å². The molecule has 0 aromatic carbocycles. The van der Waals surface area contributed by atoms with E-state index in [1.54, 1.807) is 0 Å². The minimum atomic E-state index is -0.0128. The molecule has 0 amide bonds. The third-order valence-corrected chi connectivity index (χ3v) is 5.45. The summed E-state index contributed by atoms with van der Waals surface area (Å²) >= 11 is 0. The van der Waals surface area contributed by atoms with Gasteiger partial charge >= 0.3 is 5.97 Å². The Bertz CT molecular complexity index is 326. The molecule has 2 saturated heterocycles. The third kappa shape index (κ3) is 9.05. The highest BCUT2D eigenvalue weighted by atomic mass is 16.5. The number of hydrogen-bond donors (Lipinski definition) is 0. The predicted octanol–water partition coefficient (Wildman–Crippen LogP) is 5.18. The second kappa shape index (κ2) is 12.7. The lowest BCUT2D eigenvalue weighted by atomic mass is 10.0. The molecule has 0 spiro atoms. The summed E-state index contributed by atoms with van der Waals surface area (Å²) in [6.45, 7) is 3.99. The molecule has 2 aliphatic rings. The van der Waals surface area contributed by atoms with Crippen LogP contribution in [0.2, 0.25) is 0 Å². The number of carbonyl (C=O) groups excluding carboxylic acids is 1. The molecule has 2 aliphatic heterocycles. The molecule has 0 aromatic rings. The van der Waals surface area contributed by atoms with E-state index in [4.69, 9.17) is 14.2 Å². The average molecular weight is 355 g/mol. The van der Waals surface area contributed by atoms with Crippen LogP contribution >= 0.6 is 0 Å². The summed E-state index contributed by atoms with van der Waals surface area (Å²) in [6, 6.07) is 0. The van der Waals surface area contributed by atoms with Crippen LogP contribution in [0, 0.1) is 0 Å². The summed E-state index contributed by atoms with van der Waals surface area (Å²) in [4.78, 5) is 12.2. The minimum absolute atomic E-state index is 0.0128. The van der Waals surface area contributed by atoms with Gasteiger partial charge in [0.15, 0.2) is 0 Å². The molecule has 0 saturated carbocycles. The normalized spacial score (nSPS) is 23.4. The molecular weight excluding hydrogens is 316 g/mol. The monoisotopic (exact) mass is 354 g/mol. The molecule has 0 bridgehead atoms. The van der Waals surface area contributed by atoms with Crippen molar-refractivity contribution in [2.75, 3.05) is 13.2 Å². The van der Waals surface area contributed by atoms with Crippen LogP contribution in [0.1, 0.15) is 96.8 Å². The van der Waals surface area contributed by atoms with Crippen LogP contribution in [0.3, 0.4) is 0 Å². The van der Waals surface area contributed by atoms with Crippen LogP contribution in [-0.4, -0.2) is 37.5 Å². The lowest BCUT2D eigenvalue weighted by Crippen LogP contribution is -2.22. The van der Waals surface area contributed by atoms with Gasteiger partial charge in [-0.25, -0.2) is 0 Å². The summed E-state index contributed by atoms with van der Waals surface area (Å²) < 4.78 is 17.3. The highest BCUT2D eigenvalue weighted by Crippen LogP contribution is 2.23. The average Bonchev–Trinajstić information content (AvgIpc) is 3.30.